The zero-order chi connectivity index (χ0) is 27.1. The fraction of sp³-hybridized carbons (Fsp3) is 0.280. The Balaban J connectivity index is 1.39. The number of alkyl halides is 3. The molecule has 13 heteroatoms. The van der Waals surface area contributed by atoms with Gasteiger partial charge in [0.05, 0.1) is 17.6 Å². The number of carbonyl (C=O) groups excluding carboxylic acids is 3. The topological polar surface area (TPSA) is 116 Å². The first-order valence-electron chi connectivity index (χ1n) is 11.4. The third-order valence-corrected chi connectivity index (χ3v) is 6.61. The van der Waals surface area contributed by atoms with Gasteiger partial charge in [0.15, 0.2) is 6.61 Å². The van der Waals surface area contributed by atoms with E-state index in [1.165, 1.54) is 34.5 Å². The van der Waals surface area contributed by atoms with Crippen LogP contribution in [0.2, 0.25) is 0 Å². The van der Waals surface area contributed by atoms with Crippen molar-refractivity contribution < 1.29 is 41.8 Å². The molecule has 2 N–H and O–H groups in total. The molecule has 3 aromatic rings. The minimum absolute atomic E-state index is 0.126. The second kappa shape index (κ2) is 12.0. The van der Waals surface area contributed by atoms with Crippen molar-refractivity contribution in [1.82, 2.24) is 15.6 Å². The SMILES string of the molecule is O=C(COc1ccc(C(CNC(=O)c2cc3c(s2)CCNC3)Oc2cccnc2)cc1)OC(=O)C(F)(F)F. The molecule has 0 bridgehead atoms. The van der Waals surface area contributed by atoms with Gasteiger partial charge in [-0.2, -0.15) is 13.2 Å². The van der Waals surface area contributed by atoms with E-state index in [2.05, 4.69) is 20.4 Å². The molecule has 38 heavy (non-hydrogen) atoms. The van der Waals surface area contributed by atoms with Gasteiger partial charge in [0.25, 0.3) is 5.91 Å². The number of nitrogens with zero attached hydrogens (tertiary/aromatic N) is 1. The molecule has 200 valence electrons. The molecule has 0 saturated heterocycles. The van der Waals surface area contributed by atoms with E-state index in [0.717, 1.165) is 25.1 Å². The Bertz CT molecular complexity index is 1260. The summed E-state index contributed by atoms with van der Waals surface area (Å²) >= 11 is 1.47. The molecule has 0 spiro atoms. The molecule has 1 aliphatic heterocycles. The summed E-state index contributed by atoms with van der Waals surface area (Å²) in [5.74, 6) is -3.70. The maximum Gasteiger partial charge on any atom is 0.491 e. The smallest absolute Gasteiger partial charge is 0.482 e. The summed E-state index contributed by atoms with van der Waals surface area (Å²) in [7, 11) is 0. The van der Waals surface area contributed by atoms with Crippen molar-refractivity contribution in [2.45, 2.75) is 25.2 Å². The second-order valence-electron chi connectivity index (χ2n) is 8.11. The van der Waals surface area contributed by atoms with Crippen LogP contribution in [0.4, 0.5) is 13.2 Å². The lowest BCUT2D eigenvalue weighted by Crippen LogP contribution is -2.30. The highest BCUT2D eigenvalue weighted by Crippen LogP contribution is 2.26. The van der Waals surface area contributed by atoms with Crippen molar-refractivity contribution >= 4 is 29.2 Å². The summed E-state index contributed by atoms with van der Waals surface area (Å²) in [4.78, 5) is 40.9. The molecular weight excluding hydrogens is 527 g/mol. The quantitative estimate of drug-likeness (QED) is 0.309. The van der Waals surface area contributed by atoms with E-state index < -0.39 is 30.8 Å². The van der Waals surface area contributed by atoms with E-state index in [4.69, 9.17) is 9.47 Å². The number of thiophene rings is 1. The predicted molar refractivity (Wildman–Crippen MR) is 129 cm³/mol. The number of aromatic nitrogens is 1. The van der Waals surface area contributed by atoms with Crippen LogP contribution >= 0.6 is 11.3 Å². The van der Waals surface area contributed by atoms with Crippen LogP contribution in [0.25, 0.3) is 0 Å². The van der Waals surface area contributed by atoms with E-state index in [1.807, 2.05) is 6.07 Å². The summed E-state index contributed by atoms with van der Waals surface area (Å²) in [5.41, 5.74) is 1.77. The molecule has 1 aliphatic rings. The maximum absolute atomic E-state index is 12.8. The lowest BCUT2D eigenvalue weighted by Gasteiger charge is -2.20. The third-order valence-electron chi connectivity index (χ3n) is 5.37. The van der Waals surface area contributed by atoms with Crippen molar-refractivity contribution in [3.8, 4) is 11.5 Å². The van der Waals surface area contributed by atoms with Crippen LogP contribution in [-0.4, -0.2) is 48.7 Å². The lowest BCUT2D eigenvalue weighted by molar-refractivity contribution is -0.202. The van der Waals surface area contributed by atoms with Gasteiger partial charge in [-0.25, -0.2) is 9.59 Å². The van der Waals surface area contributed by atoms with Gasteiger partial charge in [-0.05, 0) is 47.9 Å². The number of benzene rings is 1. The summed E-state index contributed by atoms with van der Waals surface area (Å²) in [6.45, 7) is 0.840. The van der Waals surface area contributed by atoms with E-state index in [9.17, 15) is 27.6 Å². The lowest BCUT2D eigenvalue weighted by atomic mass is 10.1. The van der Waals surface area contributed by atoms with Crippen LogP contribution in [-0.2, 0) is 27.3 Å². The van der Waals surface area contributed by atoms with Gasteiger partial charge in [-0.3, -0.25) is 9.78 Å². The van der Waals surface area contributed by atoms with Crippen LogP contribution in [0.15, 0.2) is 54.9 Å². The number of rotatable bonds is 9. The molecule has 1 atom stereocenters. The number of esters is 2. The number of pyridine rings is 1. The number of halogens is 3. The Morgan fingerprint density at radius 1 is 1.13 bits per heavy atom. The molecule has 0 aliphatic carbocycles. The molecule has 0 radical (unpaired) electrons. The average molecular weight is 550 g/mol. The number of amides is 1. The zero-order valence-electron chi connectivity index (χ0n) is 19.7. The number of hydrogen-bond donors (Lipinski definition) is 2. The van der Waals surface area contributed by atoms with Crippen LogP contribution in [0.1, 0.15) is 31.8 Å². The molecule has 9 nitrogen and oxygen atoms in total. The van der Waals surface area contributed by atoms with Gasteiger partial charge in [0, 0.05) is 24.2 Å². The first-order valence-corrected chi connectivity index (χ1v) is 12.2. The highest BCUT2D eigenvalue weighted by Gasteiger charge is 2.42. The Morgan fingerprint density at radius 2 is 1.92 bits per heavy atom. The molecule has 0 fully saturated rings. The van der Waals surface area contributed by atoms with Gasteiger partial charge < -0.3 is 24.8 Å². The Morgan fingerprint density at radius 3 is 2.61 bits per heavy atom. The van der Waals surface area contributed by atoms with Crippen molar-refractivity contribution in [2.24, 2.45) is 0 Å². The normalized spacial score (nSPS) is 13.7. The molecule has 1 aromatic carbocycles. The Labute approximate surface area is 218 Å². The largest absolute Gasteiger partial charge is 0.491 e. The van der Waals surface area contributed by atoms with E-state index in [0.29, 0.717) is 16.2 Å². The molecule has 0 saturated carbocycles. The van der Waals surface area contributed by atoms with Gasteiger partial charge in [-0.1, -0.05) is 12.1 Å². The number of nitrogens with one attached hydrogen (secondary N) is 2. The molecule has 2 aromatic heterocycles. The van der Waals surface area contributed by atoms with Gasteiger partial charge >= 0.3 is 18.1 Å². The van der Waals surface area contributed by atoms with Crippen LogP contribution in [0.3, 0.4) is 0 Å². The number of fused-ring (bicyclic) bond motifs is 1. The van der Waals surface area contributed by atoms with Gasteiger partial charge in [0.1, 0.15) is 17.6 Å². The fourth-order valence-corrected chi connectivity index (χ4v) is 4.66. The van der Waals surface area contributed by atoms with Gasteiger partial charge in [0.2, 0.25) is 0 Å². The minimum Gasteiger partial charge on any atom is -0.482 e. The zero-order valence-corrected chi connectivity index (χ0v) is 20.6. The average Bonchev–Trinajstić information content (AvgIpc) is 3.35. The summed E-state index contributed by atoms with van der Waals surface area (Å²) in [6.07, 6.45) is -1.90. The van der Waals surface area contributed by atoms with Crippen molar-refractivity contribution in [2.75, 3.05) is 19.7 Å². The monoisotopic (exact) mass is 549 g/mol. The summed E-state index contributed by atoms with van der Waals surface area (Å²) in [6, 6.07) is 11.5. The highest BCUT2D eigenvalue weighted by atomic mass is 32.1. The predicted octanol–water partition coefficient (Wildman–Crippen LogP) is 3.35. The molecule has 1 unspecified atom stereocenters. The van der Waals surface area contributed by atoms with Crippen molar-refractivity contribution in [3.05, 3.63) is 75.7 Å². The van der Waals surface area contributed by atoms with Gasteiger partial charge in [-0.15, -0.1) is 11.3 Å². The first-order chi connectivity index (χ1) is 18.2. The van der Waals surface area contributed by atoms with Crippen molar-refractivity contribution in [1.29, 1.82) is 0 Å². The molecule has 3 heterocycles. The minimum atomic E-state index is -5.28. The molecular formula is C25H22F3N3O6S. The highest BCUT2D eigenvalue weighted by molar-refractivity contribution is 7.14. The number of carbonyl (C=O) groups is 3. The Kier molecular flexibility index (Phi) is 8.59. The van der Waals surface area contributed by atoms with Crippen molar-refractivity contribution in [3.63, 3.8) is 0 Å². The standard InChI is InChI=1S/C25H22F3N3O6S/c26-25(27,28)24(34)37-22(32)14-35-17-5-3-15(4-6-17)19(36-18-2-1-8-29-12-18)13-31-23(33)21-10-16-11-30-9-7-20(16)38-21/h1-6,8,10,12,19,30H,7,9,11,13-14H2,(H,31,33). The van der Waals surface area contributed by atoms with Crippen LogP contribution < -0.4 is 20.1 Å². The van der Waals surface area contributed by atoms with Crippen LogP contribution in [0, 0.1) is 0 Å². The fourth-order valence-electron chi connectivity index (χ4n) is 3.56. The molecule has 1 amide bonds. The Hall–Kier alpha value is -3.97. The van der Waals surface area contributed by atoms with E-state index >= 15 is 0 Å². The number of ether oxygens (including phenoxy) is 3. The number of hydrogen-bond acceptors (Lipinski definition) is 9. The van der Waals surface area contributed by atoms with E-state index in [-0.39, 0.29) is 18.2 Å². The summed E-state index contributed by atoms with van der Waals surface area (Å²) < 4.78 is 51.4. The molecule has 4 rings (SSSR count). The first kappa shape index (κ1) is 27.1. The second-order valence-corrected chi connectivity index (χ2v) is 9.24. The third kappa shape index (κ3) is 7.29. The van der Waals surface area contributed by atoms with Crippen LogP contribution in [0.5, 0.6) is 11.5 Å². The maximum atomic E-state index is 12.8. The van der Waals surface area contributed by atoms with E-state index in [1.54, 1.807) is 30.5 Å². The summed E-state index contributed by atoms with van der Waals surface area (Å²) in [5, 5.41) is 6.18.